The van der Waals surface area contributed by atoms with Crippen LogP contribution in [-0.2, 0) is 4.79 Å². The lowest BCUT2D eigenvalue weighted by atomic mass is 10.0. The molecule has 0 aromatic carbocycles. The Morgan fingerprint density at radius 2 is 2.29 bits per heavy atom. The fourth-order valence-electron chi connectivity index (χ4n) is 3.16. The van der Waals surface area contributed by atoms with Gasteiger partial charge in [-0.05, 0) is 25.0 Å². The van der Waals surface area contributed by atoms with Gasteiger partial charge in [-0.2, -0.15) is 0 Å². The van der Waals surface area contributed by atoms with Crippen molar-refractivity contribution in [1.29, 1.82) is 0 Å². The van der Waals surface area contributed by atoms with Gasteiger partial charge >= 0.3 is 0 Å². The third kappa shape index (κ3) is 3.75. The molecule has 2 aromatic rings. The van der Waals surface area contributed by atoms with Gasteiger partial charge in [-0.3, -0.25) is 9.78 Å². The van der Waals surface area contributed by atoms with Crippen LogP contribution in [0.3, 0.4) is 0 Å². The van der Waals surface area contributed by atoms with Gasteiger partial charge in [-0.15, -0.1) is 0 Å². The molecular formula is C18H24N4O2. The molecule has 24 heavy (non-hydrogen) atoms. The fraction of sp³-hybridized carbons (Fsp3) is 0.500. The largest absolute Gasteiger partial charge is 0.482 e. The molecule has 2 aromatic heterocycles. The van der Waals surface area contributed by atoms with Gasteiger partial charge in [0.15, 0.2) is 6.61 Å². The lowest BCUT2D eigenvalue weighted by Crippen LogP contribution is -2.43. The van der Waals surface area contributed by atoms with Gasteiger partial charge in [0.05, 0.1) is 12.2 Å². The molecule has 0 saturated carbocycles. The molecule has 3 rings (SSSR count). The van der Waals surface area contributed by atoms with Crippen LogP contribution in [0.1, 0.15) is 44.5 Å². The predicted octanol–water partition coefficient (Wildman–Crippen LogP) is 2.64. The zero-order chi connectivity index (χ0) is 16.9. The van der Waals surface area contributed by atoms with Crippen molar-refractivity contribution in [3.05, 3.63) is 42.7 Å². The summed E-state index contributed by atoms with van der Waals surface area (Å²) in [5, 5.41) is 0. The molecule has 1 saturated heterocycles. The second-order valence-electron chi connectivity index (χ2n) is 6.46. The smallest absolute Gasteiger partial charge is 0.260 e. The molecule has 6 heteroatoms. The third-order valence-electron chi connectivity index (χ3n) is 4.35. The molecule has 3 heterocycles. The normalized spacial score (nSPS) is 18.0. The number of imidazole rings is 1. The summed E-state index contributed by atoms with van der Waals surface area (Å²) in [6.45, 7) is 5.85. The van der Waals surface area contributed by atoms with E-state index in [1.165, 1.54) is 0 Å². The Hall–Kier alpha value is -2.37. The molecule has 6 nitrogen and oxygen atoms in total. The summed E-state index contributed by atoms with van der Waals surface area (Å²) in [5.74, 6) is 2.10. The molecule has 0 bridgehead atoms. The summed E-state index contributed by atoms with van der Waals surface area (Å²) in [7, 11) is 0. The van der Waals surface area contributed by atoms with E-state index in [0.717, 1.165) is 25.2 Å². The van der Waals surface area contributed by atoms with E-state index in [4.69, 9.17) is 4.74 Å². The Labute approximate surface area is 142 Å². The fourth-order valence-corrected chi connectivity index (χ4v) is 3.16. The monoisotopic (exact) mass is 328 g/mol. The Kier molecular flexibility index (Phi) is 5.13. The molecule has 0 spiro atoms. The summed E-state index contributed by atoms with van der Waals surface area (Å²) in [5.41, 5.74) is 0. The summed E-state index contributed by atoms with van der Waals surface area (Å²) in [4.78, 5) is 22.8. The zero-order valence-electron chi connectivity index (χ0n) is 14.3. The van der Waals surface area contributed by atoms with Crippen molar-refractivity contribution in [3.8, 4) is 5.75 Å². The predicted molar refractivity (Wildman–Crippen MR) is 90.9 cm³/mol. The average Bonchev–Trinajstić information content (AvgIpc) is 3.11. The van der Waals surface area contributed by atoms with E-state index in [2.05, 4.69) is 28.4 Å². The SMILES string of the molecule is CC(C)c1nccn1[C@@H]1CCCN(C(=O)COc2cccnc2)C1. The van der Waals surface area contributed by atoms with Crippen LogP contribution in [0.25, 0.3) is 0 Å². The molecule has 0 aliphatic carbocycles. The second-order valence-corrected chi connectivity index (χ2v) is 6.46. The van der Waals surface area contributed by atoms with Crippen molar-refractivity contribution in [3.63, 3.8) is 0 Å². The molecule has 0 radical (unpaired) electrons. The van der Waals surface area contributed by atoms with Crippen LogP contribution in [0.15, 0.2) is 36.9 Å². The van der Waals surface area contributed by atoms with Crippen molar-refractivity contribution in [1.82, 2.24) is 19.4 Å². The number of likely N-dealkylation sites (tertiary alicyclic amines) is 1. The number of hydrogen-bond acceptors (Lipinski definition) is 4. The minimum Gasteiger partial charge on any atom is -0.482 e. The highest BCUT2D eigenvalue weighted by Crippen LogP contribution is 2.25. The van der Waals surface area contributed by atoms with E-state index >= 15 is 0 Å². The molecule has 1 aliphatic rings. The van der Waals surface area contributed by atoms with Gasteiger partial charge in [-0.1, -0.05) is 13.8 Å². The van der Waals surface area contributed by atoms with Crippen LogP contribution in [0.4, 0.5) is 0 Å². The Morgan fingerprint density at radius 3 is 3.04 bits per heavy atom. The molecular weight excluding hydrogens is 304 g/mol. The van der Waals surface area contributed by atoms with E-state index in [0.29, 0.717) is 24.3 Å². The van der Waals surface area contributed by atoms with E-state index in [1.807, 2.05) is 17.3 Å². The lowest BCUT2D eigenvalue weighted by Gasteiger charge is -2.34. The van der Waals surface area contributed by atoms with Crippen LogP contribution in [0.5, 0.6) is 5.75 Å². The first-order valence-corrected chi connectivity index (χ1v) is 8.48. The average molecular weight is 328 g/mol. The van der Waals surface area contributed by atoms with Gasteiger partial charge in [0.25, 0.3) is 5.91 Å². The Morgan fingerprint density at radius 1 is 1.42 bits per heavy atom. The van der Waals surface area contributed by atoms with Gasteiger partial charge in [-0.25, -0.2) is 4.98 Å². The van der Waals surface area contributed by atoms with Crippen LogP contribution in [0, 0.1) is 0 Å². The van der Waals surface area contributed by atoms with Crippen LogP contribution < -0.4 is 4.74 Å². The number of carbonyl (C=O) groups excluding carboxylic acids is 1. The first-order valence-electron chi connectivity index (χ1n) is 8.48. The second kappa shape index (κ2) is 7.47. The van der Waals surface area contributed by atoms with E-state index in [1.54, 1.807) is 24.5 Å². The topological polar surface area (TPSA) is 60.2 Å². The van der Waals surface area contributed by atoms with Gasteiger partial charge in [0, 0.05) is 37.6 Å². The summed E-state index contributed by atoms with van der Waals surface area (Å²) < 4.78 is 7.76. The van der Waals surface area contributed by atoms with E-state index in [-0.39, 0.29) is 12.5 Å². The van der Waals surface area contributed by atoms with Crippen LogP contribution >= 0.6 is 0 Å². The zero-order valence-corrected chi connectivity index (χ0v) is 14.3. The minimum absolute atomic E-state index is 0.0229. The van der Waals surface area contributed by atoms with Crippen molar-refractivity contribution in [2.75, 3.05) is 19.7 Å². The number of aromatic nitrogens is 3. The van der Waals surface area contributed by atoms with Gasteiger partial charge in [0.1, 0.15) is 11.6 Å². The summed E-state index contributed by atoms with van der Waals surface area (Å²) >= 11 is 0. The number of pyridine rings is 1. The lowest BCUT2D eigenvalue weighted by molar-refractivity contribution is -0.135. The quantitative estimate of drug-likeness (QED) is 0.846. The number of hydrogen-bond donors (Lipinski definition) is 0. The number of carbonyl (C=O) groups is 1. The Balaban J connectivity index is 1.60. The number of amides is 1. The van der Waals surface area contributed by atoms with Crippen LogP contribution in [0.2, 0.25) is 0 Å². The summed E-state index contributed by atoms with van der Waals surface area (Å²) in [6, 6.07) is 3.89. The maximum absolute atomic E-state index is 12.5. The van der Waals surface area contributed by atoms with E-state index in [9.17, 15) is 4.79 Å². The highest BCUT2D eigenvalue weighted by Gasteiger charge is 2.26. The van der Waals surface area contributed by atoms with Crippen molar-refractivity contribution < 1.29 is 9.53 Å². The van der Waals surface area contributed by atoms with Crippen molar-refractivity contribution >= 4 is 5.91 Å². The molecule has 0 N–H and O–H groups in total. The first-order chi connectivity index (χ1) is 11.6. The number of piperidine rings is 1. The third-order valence-corrected chi connectivity index (χ3v) is 4.35. The standard InChI is InChI=1S/C18H24N4O2/c1-14(2)18-20-8-10-22(18)15-5-4-9-21(12-15)17(23)13-24-16-6-3-7-19-11-16/h3,6-8,10-11,14-15H,4-5,9,12-13H2,1-2H3/t15-/m1/s1. The summed E-state index contributed by atoms with van der Waals surface area (Å²) in [6.07, 6.45) is 9.25. The maximum Gasteiger partial charge on any atom is 0.260 e. The number of ether oxygens (including phenoxy) is 1. The maximum atomic E-state index is 12.5. The minimum atomic E-state index is 0.0229. The number of nitrogens with zero attached hydrogens (tertiary/aromatic N) is 4. The van der Waals surface area contributed by atoms with Crippen molar-refractivity contribution in [2.45, 2.75) is 38.6 Å². The number of rotatable bonds is 5. The molecule has 1 fully saturated rings. The highest BCUT2D eigenvalue weighted by molar-refractivity contribution is 5.77. The van der Waals surface area contributed by atoms with Gasteiger partial charge < -0.3 is 14.2 Å². The van der Waals surface area contributed by atoms with E-state index < -0.39 is 0 Å². The van der Waals surface area contributed by atoms with Crippen molar-refractivity contribution in [2.24, 2.45) is 0 Å². The first kappa shape index (κ1) is 16.5. The molecule has 1 atom stereocenters. The molecule has 128 valence electrons. The molecule has 1 aliphatic heterocycles. The highest BCUT2D eigenvalue weighted by atomic mass is 16.5. The molecule has 0 unspecified atom stereocenters. The van der Waals surface area contributed by atoms with Crippen LogP contribution in [-0.4, -0.2) is 45.0 Å². The molecule has 1 amide bonds. The Bertz CT molecular complexity index is 669. The van der Waals surface area contributed by atoms with Gasteiger partial charge in [0.2, 0.25) is 0 Å².